The molecule has 33 heavy (non-hydrogen) atoms. The molecule has 1 amide bonds. The number of nitrogens with zero attached hydrogens (tertiary/aromatic N) is 2. The van der Waals surface area contributed by atoms with Crippen molar-refractivity contribution in [3.8, 4) is 11.5 Å². The van der Waals surface area contributed by atoms with E-state index < -0.39 is 12.0 Å². The SMILES string of the molecule is CC[C@H]1SC2=NC(C)=C(C(=O)OCc3ccccc3)[C@H](c3ccc(OC)c(OC)c3)N2C1=O. The van der Waals surface area contributed by atoms with Gasteiger partial charge in [0.25, 0.3) is 0 Å². The quantitative estimate of drug-likeness (QED) is 0.560. The zero-order chi connectivity index (χ0) is 23.5. The fourth-order valence-electron chi connectivity index (χ4n) is 3.99. The van der Waals surface area contributed by atoms with Gasteiger partial charge in [0.1, 0.15) is 6.61 Å². The number of esters is 1. The van der Waals surface area contributed by atoms with E-state index in [0.717, 1.165) is 11.1 Å². The molecular formula is C25H26N2O5S. The number of ether oxygens (including phenoxy) is 3. The lowest BCUT2D eigenvalue weighted by atomic mass is 9.93. The second-order valence-electron chi connectivity index (χ2n) is 7.70. The molecule has 172 valence electrons. The van der Waals surface area contributed by atoms with Crippen LogP contribution >= 0.6 is 11.8 Å². The summed E-state index contributed by atoms with van der Waals surface area (Å²) < 4.78 is 16.5. The van der Waals surface area contributed by atoms with E-state index >= 15 is 0 Å². The van der Waals surface area contributed by atoms with Crippen LogP contribution in [0.5, 0.6) is 11.5 Å². The second kappa shape index (κ2) is 9.70. The van der Waals surface area contributed by atoms with E-state index in [1.54, 1.807) is 38.2 Å². The summed E-state index contributed by atoms with van der Waals surface area (Å²) in [5.41, 5.74) is 2.48. The number of thioether (sulfide) groups is 1. The van der Waals surface area contributed by atoms with Crippen LogP contribution in [-0.2, 0) is 20.9 Å². The first kappa shape index (κ1) is 22.9. The summed E-state index contributed by atoms with van der Waals surface area (Å²) in [6, 6.07) is 14.2. The molecule has 2 aliphatic heterocycles. The van der Waals surface area contributed by atoms with Crippen molar-refractivity contribution < 1.29 is 23.8 Å². The number of amides is 1. The van der Waals surface area contributed by atoms with Gasteiger partial charge in [0, 0.05) is 0 Å². The van der Waals surface area contributed by atoms with Crippen LogP contribution in [-0.4, -0.2) is 41.4 Å². The highest BCUT2D eigenvalue weighted by atomic mass is 32.2. The number of benzene rings is 2. The zero-order valence-corrected chi connectivity index (χ0v) is 19.8. The first-order chi connectivity index (χ1) is 16.0. The van der Waals surface area contributed by atoms with Gasteiger partial charge in [0.15, 0.2) is 16.7 Å². The average Bonchev–Trinajstić information content (AvgIpc) is 3.16. The maximum Gasteiger partial charge on any atom is 0.338 e. The normalized spacial score (nSPS) is 19.8. The molecule has 0 saturated carbocycles. The number of methoxy groups -OCH3 is 2. The molecule has 7 nitrogen and oxygen atoms in total. The Morgan fingerprint density at radius 3 is 2.48 bits per heavy atom. The van der Waals surface area contributed by atoms with Crippen LogP contribution in [0.3, 0.4) is 0 Å². The van der Waals surface area contributed by atoms with E-state index in [9.17, 15) is 9.59 Å². The summed E-state index contributed by atoms with van der Waals surface area (Å²) >= 11 is 1.43. The molecule has 2 aliphatic rings. The average molecular weight is 467 g/mol. The third kappa shape index (κ3) is 4.35. The topological polar surface area (TPSA) is 77.4 Å². The van der Waals surface area contributed by atoms with Crippen molar-refractivity contribution in [2.45, 2.75) is 38.2 Å². The predicted molar refractivity (Wildman–Crippen MR) is 127 cm³/mol. The first-order valence-electron chi connectivity index (χ1n) is 10.7. The Hall–Kier alpha value is -3.26. The molecule has 1 fully saturated rings. The van der Waals surface area contributed by atoms with E-state index in [0.29, 0.717) is 34.4 Å². The number of carbonyl (C=O) groups is 2. The molecule has 0 spiro atoms. The van der Waals surface area contributed by atoms with Crippen molar-refractivity contribution >= 4 is 28.8 Å². The number of carbonyl (C=O) groups excluding carboxylic acids is 2. The highest BCUT2D eigenvalue weighted by Crippen LogP contribution is 2.45. The fourth-order valence-corrected chi connectivity index (χ4v) is 5.12. The van der Waals surface area contributed by atoms with Gasteiger partial charge >= 0.3 is 5.97 Å². The Kier molecular flexibility index (Phi) is 6.74. The first-order valence-corrected chi connectivity index (χ1v) is 11.6. The zero-order valence-electron chi connectivity index (χ0n) is 19.0. The van der Waals surface area contributed by atoms with Crippen LogP contribution in [0.2, 0.25) is 0 Å². The Labute approximate surface area is 197 Å². The summed E-state index contributed by atoms with van der Waals surface area (Å²) in [7, 11) is 3.11. The highest BCUT2D eigenvalue weighted by Gasteiger charge is 2.47. The van der Waals surface area contributed by atoms with Gasteiger partial charge in [-0.15, -0.1) is 0 Å². The summed E-state index contributed by atoms with van der Waals surface area (Å²) in [6.07, 6.45) is 0.671. The standard InChI is InChI=1S/C25H26N2O5S/c1-5-20-23(28)27-22(17-11-12-18(30-3)19(13-17)31-4)21(15(2)26-25(27)33-20)24(29)32-14-16-9-7-6-8-10-16/h6-13,20,22H,5,14H2,1-4H3/t20-,22+/m1/s1. The highest BCUT2D eigenvalue weighted by molar-refractivity contribution is 8.15. The van der Waals surface area contributed by atoms with E-state index in [1.165, 1.54) is 11.8 Å². The van der Waals surface area contributed by atoms with Crippen LogP contribution in [0.15, 0.2) is 64.8 Å². The molecule has 4 rings (SSSR count). The number of rotatable bonds is 7. The van der Waals surface area contributed by atoms with Crippen molar-refractivity contribution in [3.63, 3.8) is 0 Å². The van der Waals surface area contributed by atoms with Crippen LogP contribution < -0.4 is 9.47 Å². The number of aliphatic imine (C=N–C) groups is 1. The minimum Gasteiger partial charge on any atom is -0.493 e. The molecule has 2 aromatic carbocycles. The van der Waals surface area contributed by atoms with Gasteiger partial charge < -0.3 is 14.2 Å². The van der Waals surface area contributed by atoms with E-state index in [-0.39, 0.29) is 17.8 Å². The van der Waals surface area contributed by atoms with Gasteiger partial charge in [0.05, 0.1) is 36.8 Å². The van der Waals surface area contributed by atoms with Gasteiger partial charge in [-0.2, -0.15) is 0 Å². The largest absolute Gasteiger partial charge is 0.493 e. The monoisotopic (exact) mass is 466 g/mol. The molecule has 2 atom stereocenters. The lowest BCUT2D eigenvalue weighted by Gasteiger charge is -2.33. The molecule has 2 heterocycles. The number of fused-ring (bicyclic) bond motifs is 1. The molecular weight excluding hydrogens is 440 g/mol. The number of hydrogen-bond acceptors (Lipinski definition) is 7. The number of allylic oxidation sites excluding steroid dienone is 1. The van der Waals surface area contributed by atoms with E-state index in [4.69, 9.17) is 14.2 Å². The summed E-state index contributed by atoms with van der Waals surface area (Å²) in [5, 5.41) is 0.364. The maximum absolute atomic E-state index is 13.3. The van der Waals surface area contributed by atoms with Crippen molar-refractivity contribution in [3.05, 3.63) is 70.9 Å². The smallest absolute Gasteiger partial charge is 0.338 e. The van der Waals surface area contributed by atoms with Crippen LogP contribution in [0.4, 0.5) is 0 Å². The Balaban J connectivity index is 1.75. The number of amidine groups is 1. The van der Waals surface area contributed by atoms with Gasteiger partial charge in [-0.1, -0.05) is 55.1 Å². The maximum atomic E-state index is 13.3. The Morgan fingerprint density at radius 2 is 1.82 bits per heavy atom. The lowest BCUT2D eigenvalue weighted by molar-refractivity contribution is -0.141. The van der Waals surface area contributed by atoms with Gasteiger partial charge in [-0.05, 0) is 36.6 Å². The molecule has 0 unspecified atom stereocenters. The molecule has 0 aromatic heterocycles. The molecule has 2 aromatic rings. The van der Waals surface area contributed by atoms with Gasteiger partial charge in [0.2, 0.25) is 5.91 Å². The molecule has 0 radical (unpaired) electrons. The van der Waals surface area contributed by atoms with Crippen LogP contribution in [0.25, 0.3) is 0 Å². The lowest BCUT2D eigenvalue weighted by Crippen LogP contribution is -2.40. The molecule has 1 saturated heterocycles. The van der Waals surface area contributed by atoms with Crippen LogP contribution in [0, 0.1) is 0 Å². The minimum absolute atomic E-state index is 0.0677. The van der Waals surface area contributed by atoms with E-state index in [2.05, 4.69) is 4.99 Å². The van der Waals surface area contributed by atoms with Gasteiger partial charge in [-0.25, -0.2) is 9.79 Å². The van der Waals surface area contributed by atoms with Crippen molar-refractivity contribution in [1.82, 2.24) is 4.90 Å². The number of hydrogen-bond donors (Lipinski definition) is 0. The van der Waals surface area contributed by atoms with Crippen LogP contribution in [0.1, 0.15) is 37.4 Å². The molecule has 0 aliphatic carbocycles. The third-order valence-corrected chi connectivity index (χ3v) is 7.00. The van der Waals surface area contributed by atoms with E-state index in [1.807, 2.05) is 43.3 Å². The third-order valence-electron chi connectivity index (χ3n) is 5.68. The summed E-state index contributed by atoms with van der Waals surface area (Å²) in [5.74, 6) is 0.507. The summed E-state index contributed by atoms with van der Waals surface area (Å²) in [4.78, 5) is 32.8. The molecule has 8 heteroatoms. The van der Waals surface area contributed by atoms with Gasteiger partial charge in [-0.3, -0.25) is 9.69 Å². The van der Waals surface area contributed by atoms with Crippen molar-refractivity contribution in [1.29, 1.82) is 0 Å². The Bertz CT molecular complexity index is 1130. The fraction of sp³-hybridized carbons (Fsp3) is 0.320. The Morgan fingerprint density at radius 1 is 1.09 bits per heavy atom. The summed E-state index contributed by atoms with van der Waals surface area (Å²) in [6.45, 7) is 3.88. The second-order valence-corrected chi connectivity index (χ2v) is 8.87. The predicted octanol–water partition coefficient (Wildman–Crippen LogP) is 4.49. The minimum atomic E-state index is -0.669. The molecule has 0 bridgehead atoms. The molecule has 0 N–H and O–H groups in total. The van der Waals surface area contributed by atoms with Crippen molar-refractivity contribution in [2.24, 2.45) is 4.99 Å². The van der Waals surface area contributed by atoms with Crippen molar-refractivity contribution in [2.75, 3.05) is 14.2 Å².